The van der Waals surface area contributed by atoms with E-state index in [1.165, 1.54) is 6.07 Å². The van der Waals surface area contributed by atoms with Crippen molar-refractivity contribution in [2.24, 2.45) is 0 Å². The predicted molar refractivity (Wildman–Crippen MR) is 54.7 cm³/mol. The summed E-state index contributed by atoms with van der Waals surface area (Å²) in [7, 11) is 0. The normalized spacial score (nSPS) is 10.2. The molecule has 0 radical (unpaired) electrons. The number of rotatable bonds is 3. The molecule has 0 amide bonds. The van der Waals surface area contributed by atoms with Gasteiger partial charge in [0.2, 0.25) is 0 Å². The standard InChI is InChI=1S/C11H16FN/c1-4-13(5-2)11-8-6-7-10(12)9(11)3/h6-8H,4-5H2,1-3H3. The Morgan fingerprint density at radius 2 is 1.85 bits per heavy atom. The Kier molecular flexibility index (Phi) is 3.29. The molecule has 1 nitrogen and oxygen atoms in total. The molecule has 1 rings (SSSR count). The average molecular weight is 181 g/mol. The first-order valence-corrected chi connectivity index (χ1v) is 4.70. The van der Waals surface area contributed by atoms with Gasteiger partial charge in [0.1, 0.15) is 5.82 Å². The van der Waals surface area contributed by atoms with E-state index in [-0.39, 0.29) is 5.82 Å². The summed E-state index contributed by atoms with van der Waals surface area (Å²) in [5.41, 5.74) is 1.75. The molecule has 0 fully saturated rings. The van der Waals surface area contributed by atoms with Crippen molar-refractivity contribution < 1.29 is 4.39 Å². The quantitative estimate of drug-likeness (QED) is 0.693. The third-order valence-corrected chi connectivity index (χ3v) is 2.34. The molecule has 0 unspecified atom stereocenters. The molecular weight excluding hydrogens is 165 g/mol. The fraction of sp³-hybridized carbons (Fsp3) is 0.455. The van der Waals surface area contributed by atoms with E-state index in [4.69, 9.17) is 0 Å². The van der Waals surface area contributed by atoms with Crippen molar-refractivity contribution in [3.8, 4) is 0 Å². The lowest BCUT2D eigenvalue weighted by molar-refractivity contribution is 0.617. The van der Waals surface area contributed by atoms with Crippen LogP contribution < -0.4 is 4.90 Å². The lowest BCUT2D eigenvalue weighted by Crippen LogP contribution is -2.22. The molecule has 0 aromatic heterocycles. The van der Waals surface area contributed by atoms with Gasteiger partial charge in [0.05, 0.1) is 0 Å². The zero-order valence-corrected chi connectivity index (χ0v) is 8.47. The first kappa shape index (κ1) is 10.0. The van der Waals surface area contributed by atoms with Crippen molar-refractivity contribution in [1.29, 1.82) is 0 Å². The molecule has 0 aliphatic rings. The molecule has 13 heavy (non-hydrogen) atoms. The van der Waals surface area contributed by atoms with Crippen molar-refractivity contribution in [3.05, 3.63) is 29.6 Å². The number of benzene rings is 1. The summed E-state index contributed by atoms with van der Waals surface area (Å²) in [6, 6.07) is 5.23. The summed E-state index contributed by atoms with van der Waals surface area (Å²) in [6.45, 7) is 7.81. The Morgan fingerprint density at radius 1 is 1.23 bits per heavy atom. The minimum Gasteiger partial charge on any atom is -0.372 e. The van der Waals surface area contributed by atoms with Gasteiger partial charge in [-0.15, -0.1) is 0 Å². The maximum atomic E-state index is 13.2. The van der Waals surface area contributed by atoms with Crippen LogP contribution >= 0.6 is 0 Å². The minimum absolute atomic E-state index is 0.121. The maximum absolute atomic E-state index is 13.2. The highest BCUT2D eigenvalue weighted by Crippen LogP contribution is 2.21. The van der Waals surface area contributed by atoms with E-state index < -0.39 is 0 Å². The lowest BCUT2D eigenvalue weighted by Gasteiger charge is -2.23. The van der Waals surface area contributed by atoms with Crippen molar-refractivity contribution in [2.75, 3.05) is 18.0 Å². The highest BCUT2D eigenvalue weighted by atomic mass is 19.1. The second-order valence-electron chi connectivity index (χ2n) is 3.06. The predicted octanol–water partition coefficient (Wildman–Crippen LogP) is 2.98. The molecule has 0 spiro atoms. The summed E-state index contributed by atoms with van der Waals surface area (Å²) < 4.78 is 13.2. The fourth-order valence-electron chi connectivity index (χ4n) is 1.50. The third kappa shape index (κ3) is 2.00. The molecule has 0 aliphatic carbocycles. The van der Waals surface area contributed by atoms with Crippen LogP contribution in [0.1, 0.15) is 19.4 Å². The summed E-state index contributed by atoms with van der Waals surface area (Å²) in [5, 5.41) is 0. The number of nitrogens with zero attached hydrogens (tertiary/aromatic N) is 1. The first-order valence-electron chi connectivity index (χ1n) is 4.70. The molecule has 0 heterocycles. The van der Waals surface area contributed by atoms with Crippen LogP contribution in [0.5, 0.6) is 0 Å². The molecule has 0 aliphatic heterocycles. The third-order valence-electron chi connectivity index (χ3n) is 2.34. The van der Waals surface area contributed by atoms with Crippen LogP contribution in [0.2, 0.25) is 0 Å². The van der Waals surface area contributed by atoms with E-state index in [1.54, 1.807) is 6.07 Å². The second kappa shape index (κ2) is 4.26. The smallest absolute Gasteiger partial charge is 0.128 e. The Labute approximate surface area is 79.2 Å². The number of hydrogen-bond donors (Lipinski definition) is 0. The van der Waals surface area contributed by atoms with Crippen LogP contribution in [0.4, 0.5) is 10.1 Å². The largest absolute Gasteiger partial charge is 0.372 e. The van der Waals surface area contributed by atoms with E-state index in [0.717, 1.165) is 24.3 Å². The summed E-state index contributed by atoms with van der Waals surface area (Å²) >= 11 is 0. The highest BCUT2D eigenvalue weighted by molar-refractivity contribution is 5.53. The zero-order valence-electron chi connectivity index (χ0n) is 8.47. The minimum atomic E-state index is -0.121. The highest BCUT2D eigenvalue weighted by Gasteiger charge is 2.07. The van der Waals surface area contributed by atoms with Crippen LogP contribution in [0.3, 0.4) is 0 Å². The molecule has 0 bridgehead atoms. The van der Waals surface area contributed by atoms with Gasteiger partial charge in [0.15, 0.2) is 0 Å². The molecule has 0 saturated carbocycles. The van der Waals surface area contributed by atoms with Crippen molar-refractivity contribution in [3.63, 3.8) is 0 Å². The molecule has 0 saturated heterocycles. The lowest BCUT2D eigenvalue weighted by atomic mass is 10.1. The number of hydrogen-bond acceptors (Lipinski definition) is 1. The Morgan fingerprint density at radius 3 is 2.38 bits per heavy atom. The van der Waals surface area contributed by atoms with E-state index in [2.05, 4.69) is 18.7 Å². The van der Waals surface area contributed by atoms with E-state index in [1.807, 2.05) is 13.0 Å². The SMILES string of the molecule is CCN(CC)c1cccc(F)c1C. The van der Waals surface area contributed by atoms with Gasteiger partial charge in [-0.25, -0.2) is 4.39 Å². The van der Waals surface area contributed by atoms with E-state index in [9.17, 15) is 4.39 Å². The van der Waals surface area contributed by atoms with Crippen molar-refractivity contribution >= 4 is 5.69 Å². The van der Waals surface area contributed by atoms with Crippen LogP contribution in [0.25, 0.3) is 0 Å². The Balaban J connectivity index is 3.05. The van der Waals surface area contributed by atoms with Crippen molar-refractivity contribution in [1.82, 2.24) is 0 Å². The van der Waals surface area contributed by atoms with Crippen LogP contribution in [-0.4, -0.2) is 13.1 Å². The van der Waals surface area contributed by atoms with E-state index in [0.29, 0.717) is 0 Å². The van der Waals surface area contributed by atoms with Gasteiger partial charge < -0.3 is 4.90 Å². The summed E-state index contributed by atoms with van der Waals surface area (Å²) in [6.07, 6.45) is 0. The monoisotopic (exact) mass is 181 g/mol. The Hall–Kier alpha value is -1.05. The van der Waals surface area contributed by atoms with Gasteiger partial charge in [-0.1, -0.05) is 6.07 Å². The first-order chi connectivity index (χ1) is 6.20. The molecule has 0 N–H and O–H groups in total. The number of anilines is 1. The number of halogens is 1. The van der Waals surface area contributed by atoms with Crippen LogP contribution in [0, 0.1) is 12.7 Å². The zero-order chi connectivity index (χ0) is 9.84. The Bertz CT molecular complexity index is 279. The maximum Gasteiger partial charge on any atom is 0.128 e. The molecule has 2 heteroatoms. The van der Waals surface area contributed by atoms with Crippen LogP contribution in [0.15, 0.2) is 18.2 Å². The average Bonchev–Trinajstić information content (AvgIpc) is 2.14. The fourth-order valence-corrected chi connectivity index (χ4v) is 1.50. The molecule has 1 aromatic carbocycles. The molecule has 72 valence electrons. The molecular formula is C11H16FN. The van der Waals surface area contributed by atoms with Gasteiger partial charge >= 0.3 is 0 Å². The summed E-state index contributed by atoms with van der Waals surface area (Å²) in [5.74, 6) is -0.121. The van der Waals surface area contributed by atoms with Crippen molar-refractivity contribution in [2.45, 2.75) is 20.8 Å². The van der Waals surface area contributed by atoms with E-state index >= 15 is 0 Å². The van der Waals surface area contributed by atoms with Gasteiger partial charge in [0.25, 0.3) is 0 Å². The second-order valence-corrected chi connectivity index (χ2v) is 3.06. The van der Waals surface area contributed by atoms with Gasteiger partial charge in [-0.05, 0) is 32.9 Å². The topological polar surface area (TPSA) is 3.24 Å². The van der Waals surface area contributed by atoms with Gasteiger partial charge in [0, 0.05) is 24.3 Å². The molecule has 0 atom stereocenters. The van der Waals surface area contributed by atoms with Crippen LogP contribution in [-0.2, 0) is 0 Å². The van der Waals surface area contributed by atoms with Gasteiger partial charge in [-0.3, -0.25) is 0 Å². The summed E-state index contributed by atoms with van der Waals surface area (Å²) in [4.78, 5) is 2.15. The van der Waals surface area contributed by atoms with Gasteiger partial charge in [-0.2, -0.15) is 0 Å². The molecule has 1 aromatic rings.